The predicted octanol–water partition coefficient (Wildman–Crippen LogP) is -1.31. The molecule has 14 heavy (non-hydrogen) atoms. The third kappa shape index (κ3) is 3.06. The van der Waals surface area contributed by atoms with Crippen LogP contribution in [-0.2, 0) is 11.2 Å². The summed E-state index contributed by atoms with van der Waals surface area (Å²) in [6.07, 6.45) is 1.08. The van der Waals surface area contributed by atoms with E-state index in [0.717, 1.165) is 5.56 Å². The fraction of sp³-hybridized carbons (Fsp3) is 0.300. The highest BCUT2D eigenvalue weighted by Gasteiger charge is 2.06. The molecule has 0 aliphatic heterocycles. The molecule has 0 aliphatic rings. The summed E-state index contributed by atoms with van der Waals surface area (Å²) in [5, 5.41) is 19.4. The van der Waals surface area contributed by atoms with Gasteiger partial charge in [0.15, 0.2) is 0 Å². The lowest BCUT2D eigenvalue weighted by atomic mass is 10.1. The van der Waals surface area contributed by atoms with Crippen LogP contribution >= 0.6 is 0 Å². The molecule has 0 radical (unpaired) electrons. The molecule has 0 spiro atoms. The van der Waals surface area contributed by atoms with E-state index >= 15 is 0 Å². The fourth-order valence-electron chi connectivity index (χ4n) is 1.12. The van der Waals surface area contributed by atoms with Crippen molar-refractivity contribution >= 4 is 5.97 Å². The number of hydrogen-bond donors (Lipinski definition) is 2. The Morgan fingerprint density at radius 2 is 2.00 bits per heavy atom. The highest BCUT2D eigenvalue weighted by Crippen LogP contribution is 2.11. The van der Waals surface area contributed by atoms with E-state index < -0.39 is 12.0 Å². The third-order valence-electron chi connectivity index (χ3n) is 2.05. The molecule has 4 nitrogen and oxygen atoms in total. The zero-order chi connectivity index (χ0) is 10.6. The van der Waals surface area contributed by atoms with Crippen molar-refractivity contribution in [3.05, 3.63) is 29.8 Å². The van der Waals surface area contributed by atoms with Gasteiger partial charge in [-0.3, -0.25) is 0 Å². The number of quaternary nitrogens is 1. The van der Waals surface area contributed by atoms with Crippen LogP contribution in [0.15, 0.2) is 24.3 Å². The van der Waals surface area contributed by atoms with Crippen molar-refractivity contribution in [2.75, 3.05) is 0 Å². The summed E-state index contributed by atoms with van der Waals surface area (Å²) in [4.78, 5) is 10.4. The normalized spacial score (nSPS) is 12.4. The smallest absolute Gasteiger partial charge is 0.125 e. The number of hydrogen-bond acceptors (Lipinski definition) is 3. The SMILES string of the molecule is [NH3+][C@H](CCc1ccc(O)cc1)C(=O)[O-]. The first-order valence-corrected chi connectivity index (χ1v) is 4.41. The molecule has 0 unspecified atom stereocenters. The number of aromatic hydroxyl groups is 1. The molecule has 1 atom stereocenters. The summed E-state index contributed by atoms with van der Waals surface area (Å²) < 4.78 is 0. The number of aryl methyl sites for hydroxylation is 1. The van der Waals surface area contributed by atoms with Gasteiger partial charge in [0.1, 0.15) is 11.8 Å². The quantitative estimate of drug-likeness (QED) is 0.625. The Labute approximate surface area is 82.0 Å². The zero-order valence-electron chi connectivity index (χ0n) is 7.77. The lowest BCUT2D eigenvalue weighted by Crippen LogP contribution is -2.68. The van der Waals surface area contributed by atoms with Gasteiger partial charge in [-0.2, -0.15) is 0 Å². The molecule has 0 saturated heterocycles. The summed E-state index contributed by atoms with van der Waals surface area (Å²) in [7, 11) is 0. The van der Waals surface area contributed by atoms with Crippen molar-refractivity contribution in [2.24, 2.45) is 0 Å². The van der Waals surface area contributed by atoms with Crippen LogP contribution in [0, 0.1) is 0 Å². The van der Waals surface area contributed by atoms with Gasteiger partial charge in [-0.05, 0) is 24.1 Å². The fourth-order valence-corrected chi connectivity index (χ4v) is 1.12. The first kappa shape index (κ1) is 10.5. The highest BCUT2D eigenvalue weighted by molar-refractivity contribution is 5.69. The number of phenolic OH excluding ortho intramolecular Hbond substituents is 1. The molecule has 0 fully saturated rings. The Morgan fingerprint density at radius 1 is 1.43 bits per heavy atom. The maximum Gasteiger partial charge on any atom is 0.125 e. The largest absolute Gasteiger partial charge is 0.544 e. The number of benzene rings is 1. The Balaban J connectivity index is 2.46. The van der Waals surface area contributed by atoms with Crippen molar-refractivity contribution in [1.82, 2.24) is 0 Å². The van der Waals surface area contributed by atoms with Crippen molar-refractivity contribution in [3.63, 3.8) is 0 Å². The maximum absolute atomic E-state index is 10.4. The maximum atomic E-state index is 10.4. The van der Waals surface area contributed by atoms with Crippen LogP contribution < -0.4 is 10.8 Å². The Hall–Kier alpha value is -1.55. The van der Waals surface area contributed by atoms with E-state index in [9.17, 15) is 9.90 Å². The number of rotatable bonds is 4. The molecular formula is C10H13NO3. The first-order chi connectivity index (χ1) is 6.59. The predicted molar refractivity (Wildman–Crippen MR) is 48.1 cm³/mol. The van der Waals surface area contributed by atoms with Gasteiger partial charge in [0.25, 0.3) is 0 Å². The van der Waals surface area contributed by atoms with Crippen molar-refractivity contribution in [1.29, 1.82) is 0 Å². The zero-order valence-corrected chi connectivity index (χ0v) is 7.77. The van der Waals surface area contributed by atoms with Gasteiger partial charge in [0, 0.05) is 6.42 Å². The van der Waals surface area contributed by atoms with Gasteiger partial charge < -0.3 is 20.7 Å². The second kappa shape index (κ2) is 4.62. The average molecular weight is 195 g/mol. The van der Waals surface area contributed by atoms with Gasteiger partial charge in [-0.1, -0.05) is 12.1 Å². The van der Waals surface area contributed by atoms with E-state index in [2.05, 4.69) is 5.73 Å². The Morgan fingerprint density at radius 3 is 2.50 bits per heavy atom. The number of carbonyl (C=O) groups is 1. The minimum atomic E-state index is -1.12. The molecule has 0 aliphatic carbocycles. The van der Waals surface area contributed by atoms with Crippen molar-refractivity contribution in [3.8, 4) is 5.75 Å². The molecule has 1 aromatic carbocycles. The number of phenols is 1. The minimum absolute atomic E-state index is 0.208. The van der Waals surface area contributed by atoms with Crippen LogP contribution in [0.1, 0.15) is 12.0 Å². The third-order valence-corrected chi connectivity index (χ3v) is 2.05. The van der Waals surface area contributed by atoms with E-state index in [1.165, 1.54) is 0 Å². The van der Waals surface area contributed by atoms with E-state index in [0.29, 0.717) is 12.8 Å². The van der Waals surface area contributed by atoms with Crippen LogP contribution in [-0.4, -0.2) is 17.1 Å². The lowest BCUT2D eigenvalue weighted by molar-refractivity contribution is -0.438. The molecule has 0 bridgehead atoms. The summed E-state index contributed by atoms with van der Waals surface area (Å²) in [6.45, 7) is 0. The molecule has 0 saturated carbocycles. The van der Waals surface area contributed by atoms with E-state index in [1.807, 2.05) is 0 Å². The second-order valence-corrected chi connectivity index (χ2v) is 3.22. The van der Waals surface area contributed by atoms with Crippen LogP contribution in [0.4, 0.5) is 0 Å². The van der Waals surface area contributed by atoms with E-state index in [4.69, 9.17) is 5.11 Å². The number of carboxylic acid groups (broad SMARTS) is 1. The molecule has 4 heteroatoms. The van der Waals surface area contributed by atoms with Crippen LogP contribution in [0.2, 0.25) is 0 Å². The molecule has 0 heterocycles. The van der Waals surface area contributed by atoms with E-state index in [1.54, 1.807) is 24.3 Å². The monoisotopic (exact) mass is 195 g/mol. The standard InChI is InChI=1S/C10H13NO3/c11-9(10(13)14)6-3-7-1-4-8(12)5-2-7/h1-2,4-5,9,12H,3,6,11H2,(H,13,14)/t9-/m1/s1. The summed E-state index contributed by atoms with van der Waals surface area (Å²) in [5.74, 6) is -0.913. The molecule has 1 rings (SSSR count). The number of carbonyl (C=O) groups excluding carboxylic acids is 1. The van der Waals surface area contributed by atoms with Gasteiger partial charge in [0.2, 0.25) is 0 Å². The molecular weight excluding hydrogens is 182 g/mol. The Kier molecular flexibility index (Phi) is 3.48. The molecule has 76 valence electrons. The molecule has 0 amide bonds. The second-order valence-electron chi connectivity index (χ2n) is 3.22. The Bertz CT molecular complexity index is 308. The van der Waals surface area contributed by atoms with Gasteiger partial charge >= 0.3 is 0 Å². The molecule has 1 aromatic rings. The number of aliphatic carboxylic acids is 1. The van der Waals surface area contributed by atoms with Crippen molar-refractivity contribution < 1.29 is 20.7 Å². The van der Waals surface area contributed by atoms with Crippen LogP contribution in [0.3, 0.4) is 0 Å². The van der Waals surface area contributed by atoms with Gasteiger partial charge in [0.05, 0.1) is 5.97 Å². The van der Waals surface area contributed by atoms with Crippen LogP contribution in [0.5, 0.6) is 5.75 Å². The topological polar surface area (TPSA) is 88.0 Å². The van der Waals surface area contributed by atoms with Gasteiger partial charge in [-0.25, -0.2) is 0 Å². The van der Waals surface area contributed by atoms with Gasteiger partial charge in [-0.15, -0.1) is 0 Å². The van der Waals surface area contributed by atoms with E-state index in [-0.39, 0.29) is 5.75 Å². The lowest BCUT2D eigenvalue weighted by Gasteiger charge is -2.08. The molecule has 0 aromatic heterocycles. The van der Waals surface area contributed by atoms with Crippen molar-refractivity contribution in [2.45, 2.75) is 18.9 Å². The number of carboxylic acids is 1. The molecule has 4 N–H and O–H groups in total. The summed E-state index contributed by atoms with van der Waals surface area (Å²) in [6, 6.07) is 6.00. The average Bonchev–Trinajstić information content (AvgIpc) is 2.16. The first-order valence-electron chi connectivity index (χ1n) is 4.41. The van der Waals surface area contributed by atoms with Crippen LogP contribution in [0.25, 0.3) is 0 Å². The summed E-state index contributed by atoms with van der Waals surface area (Å²) in [5.41, 5.74) is 4.44. The minimum Gasteiger partial charge on any atom is -0.544 e. The highest BCUT2D eigenvalue weighted by atomic mass is 16.4. The summed E-state index contributed by atoms with van der Waals surface area (Å²) >= 11 is 0.